The molecule has 0 aromatic heterocycles. The van der Waals surface area contributed by atoms with Gasteiger partial charge in [-0.15, -0.1) is 0 Å². The van der Waals surface area contributed by atoms with Crippen LogP contribution >= 0.6 is 0 Å². The minimum atomic E-state index is -0.163. The van der Waals surface area contributed by atoms with Crippen LogP contribution in [0.25, 0.3) is 0 Å². The molecule has 0 bridgehead atoms. The van der Waals surface area contributed by atoms with Gasteiger partial charge in [-0.1, -0.05) is 13.3 Å². The van der Waals surface area contributed by atoms with Crippen LogP contribution < -0.4 is 11.1 Å². The fraction of sp³-hybridized carbons (Fsp3) is 0.917. The Morgan fingerprint density at radius 1 is 1.56 bits per heavy atom. The van der Waals surface area contributed by atoms with E-state index in [9.17, 15) is 4.79 Å². The molecule has 0 saturated carbocycles. The normalized spacial score (nSPS) is 26.2. The van der Waals surface area contributed by atoms with Crippen LogP contribution in [0.2, 0.25) is 0 Å². The Morgan fingerprint density at radius 3 is 2.81 bits per heavy atom. The molecule has 4 nitrogen and oxygen atoms in total. The van der Waals surface area contributed by atoms with E-state index in [0.29, 0.717) is 6.54 Å². The van der Waals surface area contributed by atoms with Gasteiger partial charge in [-0.25, -0.2) is 0 Å². The summed E-state index contributed by atoms with van der Waals surface area (Å²) in [4.78, 5) is 14.2. The number of unbranched alkanes of at least 4 members (excludes halogenated alkanes) is 1. The van der Waals surface area contributed by atoms with Gasteiger partial charge in [-0.2, -0.15) is 0 Å². The molecule has 1 unspecified atom stereocenters. The highest BCUT2D eigenvalue weighted by atomic mass is 16.2. The molecule has 1 rings (SSSR count). The van der Waals surface area contributed by atoms with Gasteiger partial charge in [0.1, 0.15) is 6.04 Å². The number of carbonyl (C=O) groups is 1. The molecule has 94 valence electrons. The number of carbonyl (C=O) groups excluding carboxylic acids is 1. The van der Waals surface area contributed by atoms with Gasteiger partial charge in [0.2, 0.25) is 5.91 Å². The van der Waals surface area contributed by atoms with Gasteiger partial charge < -0.3 is 11.1 Å². The molecule has 0 aliphatic carbocycles. The summed E-state index contributed by atoms with van der Waals surface area (Å²) in [6.07, 6.45) is 3.25. The van der Waals surface area contributed by atoms with E-state index in [1.54, 1.807) is 0 Å². The van der Waals surface area contributed by atoms with Crippen LogP contribution in [0.5, 0.6) is 0 Å². The third-order valence-corrected chi connectivity index (χ3v) is 3.47. The third-order valence-electron chi connectivity index (χ3n) is 3.47. The van der Waals surface area contributed by atoms with Crippen LogP contribution in [0.15, 0.2) is 0 Å². The Hall–Kier alpha value is -0.610. The predicted molar refractivity (Wildman–Crippen MR) is 66.2 cm³/mol. The summed E-state index contributed by atoms with van der Waals surface area (Å²) in [7, 11) is 0. The molecule has 0 aromatic carbocycles. The molecule has 1 saturated heterocycles. The lowest BCUT2D eigenvalue weighted by Gasteiger charge is -2.40. The van der Waals surface area contributed by atoms with Gasteiger partial charge in [0.05, 0.1) is 0 Å². The molecule has 4 heteroatoms. The number of hydrogen-bond acceptors (Lipinski definition) is 3. The van der Waals surface area contributed by atoms with Gasteiger partial charge >= 0.3 is 0 Å². The van der Waals surface area contributed by atoms with Crippen molar-refractivity contribution in [3.8, 4) is 0 Å². The summed E-state index contributed by atoms with van der Waals surface area (Å²) in [5.74, 6) is 0.0872. The van der Waals surface area contributed by atoms with E-state index in [2.05, 4.69) is 31.0 Å². The topological polar surface area (TPSA) is 58.4 Å². The lowest BCUT2D eigenvalue weighted by atomic mass is 9.96. The lowest BCUT2D eigenvalue weighted by Crippen LogP contribution is -2.55. The number of rotatable bonds is 4. The van der Waals surface area contributed by atoms with Crippen LogP contribution in [0.4, 0.5) is 0 Å². The first-order chi connectivity index (χ1) is 7.53. The standard InChI is InChI=1S/C12H25N3O/c1-4-5-8-15-10(9-13)11(16)14-7-6-12(15,2)3/h10H,4-9,13H2,1-3H3,(H,14,16). The summed E-state index contributed by atoms with van der Waals surface area (Å²) >= 11 is 0. The minimum absolute atomic E-state index is 0.0539. The molecule has 1 fully saturated rings. The molecule has 16 heavy (non-hydrogen) atoms. The maximum Gasteiger partial charge on any atom is 0.238 e. The molecule has 1 aliphatic rings. The Kier molecular flexibility index (Phi) is 4.74. The van der Waals surface area contributed by atoms with Gasteiger partial charge in [0.15, 0.2) is 0 Å². The summed E-state index contributed by atoms with van der Waals surface area (Å²) in [6.45, 7) is 8.68. The average Bonchev–Trinajstić information content (AvgIpc) is 2.32. The Morgan fingerprint density at radius 2 is 2.25 bits per heavy atom. The highest BCUT2D eigenvalue weighted by molar-refractivity contribution is 5.82. The first kappa shape index (κ1) is 13.5. The molecule has 3 N–H and O–H groups in total. The monoisotopic (exact) mass is 227 g/mol. The average molecular weight is 227 g/mol. The second kappa shape index (κ2) is 5.64. The van der Waals surface area contributed by atoms with E-state index in [0.717, 1.165) is 32.4 Å². The van der Waals surface area contributed by atoms with Crippen LogP contribution in [-0.2, 0) is 4.79 Å². The van der Waals surface area contributed by atoms with E-state index >= 15 is 0 Å². The number of nitrogens with one attached hydrogen (secondary N) is 1. The first-order valence-electron chi connectivity index (χ1n) is 6.27. The van der Waals surface area contributed by atoms with E-state index in [4.69, 9.17) is 5.73 Å². The molecular formula is C12H25N3O. The number of hydrogen-bond donors (Lipinski definition) is 2. The minimum Gasteiger partial charge on any atom is -0.355 e. The Bertz CT molecular complexity index is 240. The van der Waals surface area contributed by atoms with Crippen molar-refractivity contribution in [2.45, 2.75) is 51.6 Å². The predicted octanol–water partition coefficient (Wildman–Crippen LogP) is 0.714. The molecular weight excluding hydrogens is 202 g/mol. The molecule has 0 aromatic rings. The molecule has 1 heterocycles. The zero-order chi connectivity index (χ0) is 12.2. The molecule has 1 atom stereocenters. The van der Waals surface area contributed by atoms with Crippen LogP contribution in [-0.4, -0.2) is 42.0 Å². The van der Waals surface area contributed by atoms with E-state index in [-0.39, 0.29) is 17.5 Å². The third kappa shape index (κ3) is 2.95. The molecule has 0 radical (unpaired) electrons. The number of amides is 1. The Labute approximate surface area is 98.6 Å². The van der Waals surface area contributed by atoms with Crippen molar-refractivity contribution >= 4 is 5.91 Å². The fourth-order valence-corrected chi connectivity index (χ4v) is 2.34. The van der Waals surface area contributed by atoms with Crippen LogP contribution in [0.3, 0.4) is 0 Å². The van der Waals surface area contributed by atoms with Gasteiger partial charge in [-0.05, 0) is 33.2 Å². The van der Waals surface area contributed by atoms with Crippen molar-refractivity contribution < 1.29 is 4.79 Å². The van der Waals surface area contributed by atoms with Gasteiger partial charge in [0.25, 0.3) is 0 Å². The summed E-state index contributed by atoms with van der Waals surface area (Å²) in [6, 6.07) is -0.163. The van der Waals surface area contributed by atoms with Crippen molar-refractivity contribution in [2.24, 2.45) is 5.73 Å². The summed E-state index contributed by atoms with van der Waals surface area (Å²) < 4.78 is 0. The fourth-order valence-electron chi connectivity index (χ4n) is 2.34. The highest BCUT2D eigenvalue weighted by Crippen LogP contribution is 2.24. The van der Waals surface area contributed by atoms with Crippen LogP contribution in [0.1, 0.15) is 40.0 Å². The van der Waals surface area contributed by atoms with Gasteiger partial charge in [0, 0.05) is 18.6 Å². The summed E-state index contributed by atoms with van der Waals surface area (Å²) in [5.41, 5.74) is 5.80. The maximum atomic E-state index is 11.9. The van der Waals surface area contributed by atoms with E-state index in [1.165, 1.54) is 0 Å². The summed E-state index contributed by atoms with van der Waals surface area (Å²) in [5, 5.41) is 2.95. The van der Waals surface area contributed by atoms with E-state index in [1.807, 2.05) is 0 Å². The largest absolute Gasteiger partial charge is 0.355 e. The quantitative estimate of drug-likeness (QED) is 0.744. The van der Waals surface area contributed by atoms with Crippen molar-refractivity contribution in [1.82, 2.24) is 10.2 Å². The van der Waals surface area contributed by atoms with Gasteiger partial charge in [-0.3, -0.25) is 9.69 Å². The molecule has 1 amide bonds. The first-order valence-corrected chi connectivity index (χ1v) is 6.27. The molecule has 0 spiro atoms. The van der Waals surface area contributed by atoms with Crippen molar-refractivity contribution in [1.29, 1.82) is 0 Å². The lowest BCUT2D eigenvalue weighted by molar-refractivity contribution is -0.126. The number of nitrogens with two attached hydrogens (primary N) is 1. The molecule has 1 aliphatic heterocycles. The van der Waals surface area contributed by atoms with Crippen molar-refractivity contribution in [3.63, 3.8) is 0 Å². The second-order valence-corrected chi connectivity index (χ2v) is 5.15. The maximum absolute atomic E-state index is 11.9. The van der Waals surface area contributed by atoms with E-state index < -0.39 is 0 Å². The highest BCUT2D eigenvalue weighted by Gasteiger charge is 2.37. The second-order valence-electron chi connectivity index (χ2n) is 5.15. The van der Waals surface area contributed by atoms with Crippen molar-refractivity contribution in [3.05, 3.63) is 0 Å². The number of nitrogens with zero attached hydrogens (tertiary/aromatic N) is 1. The zero-order valence-electron chi connectivity index (χ0n) is 10.8. The Balaban J connectivity index is 2.84. The van der Waals surface area contributed by atoms with Crippen LogP contribution in [0, 0.1) is 0 Å². The smallest absolute Gasteiger partial charge is 0.238 e. The SMILES string of the molecule is CCCCN1C(CN)C(=O)NCCC1(C)C. The van der Waals surface area contributed by atoms with Crippen molar-refractivity contribution in [2.75, 3.05) is 19.6 Å². The zero-order valence-corrected chi connectivity index (χ0v) is 10.8.